The fraction of sp³-hybridized carbons (Fsp3) is 0.304. The van der Waals surface area contributed by atoms with Crippen molar-refractivity contribution in [3.63, 3.8) is 0 Å². The SMILES string of the molecule is Cc1cc(-c2c(OCC3CC(C(=O)O)C3)nc(N)nc2-c2ccc(F)cc2)cc(C(F)F)n1. The van der Waals surface area contributed by atoms with E-state index < -0.39 is 29.8 Å². The molecular weight excluding hydrogens is 437 g/mol. The van der Waals surface area contributed by atoms with Crippen molar-refractivity contribution < 1.29 is 27.8 Å². The van der Waals surface area contributed by atoms with Gasteiger partial charge in [0, 0.05) is 11.3 Å². The van der Waals surface area contributed by atoms with Crippen molar-refractivity contribution in [2.45, 2.75) is 26.2 Å². The summed E-state index contributed by atoms with van der Waals surface area (Å²) in [6.07, 6.45) is -1.85. The number of carboxylic acids is 1. The Morgan fingerprint density at radius 2 is 1.85 bits per heavy atom. The summed E-state index contributed by atoms with van der Waals surface area (Å²) in [6, 6.07) is 8.33. The molecule has 0 unspecified atom stereocenters. The van der Waals surface area contributed by atoms with Crippen LogP contribution in [-0.2, 0) is 4.79 Å². The van der Waals surface area contributed by atoms with Crippen LogP contribution in [0.2, 0.25) is 0 Å². The zero-order chi connectivity index (χ0) is 23.7. The predicted octanol–water partition coefficient (Wildman–Crippen LogP) is 4.66. The van der Waals surface area contributed by atoms with Crippen LogP contribution in [0.3, 0.4) is 0 Å². The van der Waals surface area contributed by atoms with Gasteiger partial charge < -0.3 is 15.6 Å². The zero-order valence-corrected chi connectivity index (χ0v) is 17.6. The maximum Gasteiger partial charge on any atom is 0.306 e. The number of hydrogen-bond acceptors (Lipinski definition) is 6. The summed E-state index contributed by atoms with van der Waals surface area (Å²) in [5.74, 6) is -1.71. The fourth-order valence-electron chi connectivity index (χ4n) is 3.86. The quantitative estimate of drug-likeness (QED) is 0.530. The van der Waals surface area contributed by atoms with Crippen molar-refractivity contribution in [2.75, 3.05) is 12.3 Å². The second-order valence-electron chi connectivity index (χ2n) is 8.02. The predicted molar refractivity (Wildman–Crippen MR) is 114 cm³/mol. The van der Waals surface area contributed by atoms with Gasteiger partial charge in [-0.2, -0.15) is 4.98 Å². The first-order valence-electron chi connectivity index (χ1n) is 10.3. The monoisotopic (exact) mass is 458 g/mol. The van der Waals surface area contributed by atoms with Gasteiger partial charge in [-0.25, -0.2) is 18.2 Å². The average Bonchev–Trinajstić information content (AvgIpc) is 2.72. The molecule has 0 bridgehead atoms. The van der Waals surface area contributed by atoms with Crippen LogP contribution >= 0.6 is 0 Å². The Labute approximate surface area is 187 Å². The summed E-state index contributed by atoms with van der Waals surface area (Å²) in [5, 5.41) is 9.07. The molecule has 172 valence electrons. The molecule has 0 atom stereocenters. The molecule has 0 amide bonds. The molecule has 0 saturated heterocycles. The highest BCUT2D eigenvalue weighted by atomic mass is 19.3. The molecule has 10 heteroatoms. The number of carbonyl (C=O) groups is 1. The molecule has 0 radical (unpaired) electrons. The van der Waals surface area contributed by atoms with Gasteiger partial charge in [0.05, 0.1) is 23.8 Å². The van der Waals surface area contributed by atoms with Crippen LogP contribution in [0, 0.1) is 24.6 Å². The van der Waals surface area contributed by atoms with Crippen LogP contribution in [0.1, 0.15) is 30.7 Å². The minimum atomic E-state index is -2.79. The lowest BCUT2D eigenvalue weighted by atomic mass is 9.75. The van der Waals surface area contributed by atoms with Crippen LogP contribution in [0.4, 0.5) is 19.1 Å². The summed E-state index contributed by atoms with van der Waals surface area (Å²) in [6.45, 7) is 1.77. The number of aryl methyl sites for hydroxylation is 1. The fourth-order valence-corrected chi connectivity index (χ4v) is 3.86. The van der Waals surface area contributed by atoms with Crippen LogP contribution in [0.15, 0.2) is 36.4 Å². The number of rotatable bonds is 7. The van der Waals surface area contributed by atoms with Gasteiger partial charge in [-0.3, -0.25) is 9.78 Å². The topological polar surface area (TPSA) is 111 Å². The van der Waals surface area contributed by atoms with Crippen molar-refractivity contribution in [3.05, 3.63) is 53.6 Å². The molecule has 2 aromatic heterocycles. The van der Waals surface area contributed by atoms with Gasteiger partial charge in [0.15, 0.2) is 0 Å². The molecule has 2 heterocycles. The van der Waals surface area contributed by atoms with Gasteiger partial charge in [-0.15, -0.1) is 0 Å². The van der Waals surface area contributed by atoms with Crippen molar-refractivity contribution in [2.24, 2.45) is 11.8 Å². The summed E-state index contributed by atoms with van der Waals surface area (Å²) < 4.78 is 46.3. The van der Waals surface area contributed by atoms with E-state index in [0.29, 0.717) is 40.9 Å². The first-order chi connectivity index (χ1) is 15.7. The minimum Gasteiger partial charge on any atom is -0.481 e. The molecule has 1 aliphatic carbocycles. The van der Waals surface area contributed by atoms with Gasteiger partial charge in [0.1, 0.15) is 11.5 Å². The van der Waals surface area contributed by atoms with E-state index in [4.69, 9.17) is 15.6 Å². The van der Waals surface area contributed by atoms with Crippen molar-refractivity contribution >= 4 is 11.9 Å². The number of aromatic nitrogens is 3. The van der Waals surface area contributed by atoms with E-state index in [0.717, 1.165) is 0 Å². The third-order valence-corrected chi connectivity index (χ3v) is 5.54. The first-order valence-corrected chi connectivity index (χ1v) is 10.3. The van der Waals surface area contributed by atoms with Gasteiger partial charge in [0.2, 0.25) is 11.8 Å². The van der Waals surface area contributed by atoms with E-state index in [1.54, 1.807) is 13.0 Å². The van der Waals surface area contributed by atoms with Crippen LogP contribution in [0.5, 0.6) is 5.88 Å². The standard InChI is InChI=1S/C23H21F3N4O3/c1-11-6-14(9-17(28-11)20(25)26)18-19(13-2-4-16(24)5-3-13)29-23(27)30-21(18)33-10-12-7-15(8-12)22(31)32/h2-6,9,12,15,20H,7-8,10H2,1H3,(H,31,32)(H2,27,29,30). The van der Waals surface area contributed by atoms with Crippen LogP contribution in [0.25, 0.3) is 22.4 Å². The Morgan fingerprint density at radius 1 is 1.15 bits per heavy atom. The number of nitrogens with zero attached hydrogens (tertiary/aromatic N) is 3. The Bertz CT molecular complexity index is 1180. The summed E-state index contributed by atoms with van der Waals surface area (Å²) in [7, 11) is 0. The zero-order valence-electron chi connectivity index (χ0n) is 17.6. The van der Waals surface area contributed by atoms with E-state index >= 15 is 0 Å². The van der Waals surface area contributed by atoms with Gasteiger partial charge >= 0.3 is 5.97 Å². The highest BCUT2D eigenvalue weighted by molar-refractivity contribution is 5.85. The van der Waals surface area contributed by atoms with Crippen LogP contribution < -0.4 is 10.5 Å². The summed E-state index contributed by atoms with van der Waals surface area (Å²) in [4.78, 5) is 23.4. The highest BCUT2D eigenvalue weighted by Gasteiger charge is 2.35. The number of carboxylic acid groups (broad SMARTS) is 1. The summed E-state index contributed by atoms with van der Waals surface area (Å²) in [5.41, 5.74) is 7.31. The number of nitrogen functional groups attached to an aromatic ring is 1. The van der Waals surface area contributed by atoms with E-state index in [9.17, 15) is 18.0 Å². The molecule has 1 aliphatic rings. The smallest absolute Gasteiger partial charge is 0.306 e. The number of aliphatic carboxylic acids is 1. The lowest BCUT2D eigenvalue weighted by Crippen LogP contribution is -2.33. The molecule has 7 nitrogen and oxygen atoms in total. The molecule has 0 aliphatic heterocycles. The maximum absolute atomic E-state index is 13.5. The third-order valence-electron chi connectivity index (χ3n) is 5.54. The molecule has 1 aromatic carbocycles. The van der Waals surface area contributed by atoms with E-state index in [1.807, 2.05) is 0 Å². The second kappa shape index (κ2) is 9.05. The van der Waals surface area contributed by atoms with Gasteiger partial charge in [0.25, 0.3) is 6.43 Å². The normalized spacial score (nSPS) is 17.6. The number of alkyl halides is 2. The Hall–Kier alpha value is -3.69. The number of benzene rings is 1. The van der Waals surface area contributed by atoms with Crippen molar-refractivity contribution in [1.29, 1.82) is 0 Å². The number of ether oxygens (including phenoxy) is 1. The number of halogens is 3. The Balaban J connectivity index is 1.79. The first kappa shape index (κ1) is 22.5. The molecule has 33 heavy (non-hydrogen) atoms. The number of anilines is 1. The van der Waals surface area contributed by atoms with E-state index in [2.05, 4.69) is 15.0 Å². The van der Waals surface area contributed by atoms with E-state index in [1.165, 1.54) is 30.3 Å². The molecular formula is C23H21F3N4O3. The maximum atomic E-state index is 13.5. The number of pyridine rings is 1. The van der Waals surface area contributed by atoms with Gasteiger partial charge in [-0.05, 0) is 67.6 Å². The molecule has 4 rings (SSSR count). The van der Waals surface area contributed by atoms with Crippen LogP contribution in [-0.4, -0.2) is 32.6 Å². The highest BCUT2D eigenvalue weighted by Crippen LogP contribution is 2.40. The molecule has 1 saturated carbocycles. The molecule has 3 aromatic rings. The van der Waals surface area contributed by atoms with Gasteiger partial charge in [-0.1, -0.05) is 0 Å². The minimum absolute atomic E-state index is 0.0141. The average molecular weight is 458 g/mol. The third kappa shape index (κ3) is 4.89. The number of hydrogen-bond donors (Lipinski definition) is 2. The largest absolute Gasteiger partial charge is 0.481 e. The van der Waals surface area contributed by atoms with Crippen molar-refractivity contribution in [1.82, 2.24) is 15.0 Å². The lowest BCUT2D eigenvalue weighted by molar-refractivity contribution is -0.146. The Kier molecular flexibility index (Phi) is 6.17. The van der Waals surface area contributed by atoms with E-state index in [-0.39, 0.29) is 24.4 Å². The Morgan fingerprint density at radius 3 is 2.48 bits per heavy atom. The summed E-state index contributed by atoms with van der Waals surface area (Å²) >= 11 is 0. The molecule has 0 spiro atoms. The molecule has 1 fully saturated rings. The van der Waals surface area contributed by atoms with Crippen molar-refractivity contribution in [3.8, 4) is 28.3 Å². The lowest BCUT2D eigenvalue weighted by Gasteiger charge is -2.32. The second-order valence-corrected chi connectivity index (χ2v) is 8.02. The molecule has 3 N–H and O–H groups in total. The number of nitrogens with two attached hydrogens (primary N) is 1.